The molecule has 1 N–H and O–H groups in total. The molecule has 39 heavy (non-hydrogen) atoms. The summed E-state index contributed by atoms with van der Waals surface area (Å²) in [5.74, 6) is -2.28. The summed E-state index contributed by atoms with van der Waals surface area (Å²) < 4.78 is 65.6. The van der Waals surface area contributed by atoms with Crippen molar-refractivity contribution in [3.63, 3.8) is 0 Å². The molecule has 11 heteroatoms. The van der Waals surface area contributed by atoms with Crippen molar-refractivity contribution >= 4 is 27.4 Å². The Hall–Kier alpha value is -2.95. The number of carboxylic acids is 1. The number of benzene rings is 1. The van der Waals surface area contributed by atoms with E-state index >= 15 is 0 Å². The number of aliphatic carboxylic acids is 1. The quantitative estimate of drug-likeness (QED) is 0.440. The van der Waals surface area contributed by atoms with Crippen molar-refractivity contribution < 1.29 is 36.3 Å². The summed E-state index contributed by atoms with van der Waals surface area (Å²) >= 11 is 0. The summed E-state index contributed by atoms with van der Waals surface area (Å²) in [5.41, 5.74) is 0.218. The van der Waals surface area contributed by atoms with E-state index in [1.807, 2.05) is 13.8 Å². The maximum Gasteiger partial charge on any atom is 0.416 e. The summed E-state index contributed by atoms with van der Waals surface area (Å²) in [5, 5.41) is 9.39. The van der Waals surface area contributed by atoms with E-state index in [2.05, 4.69) is 4.98 Å². The van der Waals surface area contributed by atoms with Crippen molar-refractivity contribution in [2.75, 3.05) is 17.2 Å². The summed E-state index contributed by atoms with van der Waals surface area (Å²) in [6.07, 6.45) is 0.306. The molecule has 0 saturated heterocycles. The number of carbonyl (C=O) groups excluding carboxylic acids is 1. The van der Waals surface area contributed by atoms with Crippen LogP contribution in [0.1, 0.15) is 63.1 Å². The second-order valence-electron chi connectivity index (χ2n) is 10.9. The third-order valence-electron chi connectivity index (χ3n) is 8.34. The van der Waals surface area contributed by atoms with Gasteiger partial charge in [0.25, 0.3) is 0 Å². The average molecular weight is 567 g/mol. The number of hydrogen-bond donors (Lipinski definition) is 1. The predicted molar refractivity (Wildman–Crippen MR) is 139 cm³/mol. The number of alkyl halides is 3. The van der Waals surface area contributed by atoms with Crippen LogP contribution < -0.4 is 4.90 Å². The van der Waals surface area contributed by atoms with Crippen LogP contribution in [0.5, 0.6) is 0 Å². The molecule has 5 atom stereocenters. The number of halogens is 3. The molecule has 1 fully saturated rings. The normalized spacial score (nSPS) is 26.1. The highest BCUT2D eigenvalue weighted by Gasteiger charge is 2.41. The summed E-state index contributed by atoms with van der Waals surface area (Å²) in [6, 6.07) is 7.26. The first-order chi connectivity index (χ1) is 18.3. The Morgan fingerprint density at radius 2 is 1.82 bits per heavy atom. The van der Waals surface area contributed by atoms with Gasteiger partial charge in [-0.15, -0.1) is 0 Å². The molecule has 1 aliphatic carbocycles. The smallest absolute Gasteiger partial charge is 0.416 e. The topological polar surface area (TPSA) is 105 Å². The molecule has 1 aliphatic heterocycles. The van der Waals surface area contributed by atoms with Crippen molar-refractivity contribution in [3.8, 4) is 0 Å². The fourth-order valence-electron chi connectivity index (χ4n) is 6.01. The molecule has 0 bridgehead atoms. The number of sulfone groups is 1. The molecule has 2 heterocycles. The van der Waals surface area contributed by atoms with Crippen molar-refractivity contribution in [1.29, 1.82) is 0 Å². The number of hydrogen-bond acceptors (Lipinski definition) is 5. The Kier molecular flexibility index (Phi) is 8.39. The lowest BCUT2D eigenvalue weighted by molar-refractivity contribution is -0.138. The van der Waals surface area contributed by atoms with Gasteiger partial charge in [0.15, 0.2) is 9.84 Å². The van der Waals surface area contributed by atoms with Gasteiger partial charge in [-0.2, -0.15) is 13.2 Å². The van der Waals surface area contributed by atoms with Crippen LogP contribution in [0.3, 0.4) is 0 Å². The molecule has 0 spiro atoms. The fraction of sp³-hybridized carbons (Fsp3) is 0.536. The summed E-state index contributed by atoms with van der Waals surface area (Å²) in [6.45, 7) is 3.45. The lowest BCUT2D eigenvalue weighted by atomic mass is 9.77. The highest BCUT2D eigenvalue weighted by molar-refractivity contribution is 7.91. The molecule has 1 aromatic carbocycles. The second kappa shape index (κ2) is 11.3. The zero-order valence-corrected chi connectivity index (χ0v) is 22.7. The van der Waals surface area contributed by atoms with Gasteiger partial charge in [-0.1, -0.05) is 39.2 Å². The van der Waals surface area contributed by atoms with Crippen molar-refractivity contribution in [2.24, 2.45) is 23.7 Å². The fourth-order valence-corrected chi connectivity index (χ4v) is 7.86. The highest BCUT2D eigenvalue weighted by atomic mass is 32.2. The minimum absolute atomic E-state index is 0.0426. The molecule has 1 amide bonds. The maximum atomic E-state index is 13.4. The maximum absolute atomic E-state index is 13.4. The van der Waals surface area contributed by atoms with E-state index in [0.717, 1.165) is 25.0 Å². The lowest BCUT2D eigenvalue weighted by Crippen LogP contribution is -2.46. The minimum Gasteiger partial charge on any atom is -0.480 e. The van der Waals surface area contributed by atoms with Gasteiger partial charge in [0, 0.05) is 18.0 Å². The molecule has 7 nitrogen and oxygen atoms in total. The standard InChI is InChI=1S/C28H33F3N2O5S/c1-17-8-9-19(10-11-20(17)16-39(37,38)22-6-3-5-21(14-22)28(29,30)31)13-23-18(2)26-24(7-4-12-32-26)33(27(23)36)15-25(34)35/h3-7,12,14,17-20,23H,8-11,13,15-16H2,1-2H3,(H,34,35). The zero-order valence-electron chi connectivity index (χ0n) is 21.9. The van der Waals surface area contributed by atoms with E-state index < -0.39 is 40.0 Å². The Labute approximate surface area is 226 Å². The van der Waals surface area contributed by atoms with Crippen molar-refractivity contribution in [3.05, 3.63) is 53.9 Å². The van der Waals surface area contributed by atoms with Gasteiger partial charge in [0.1, 0.15) is 6.54 Å². The van der Waals surface area contributed by atoms with Gasteiger partial charge < -0.3 is 5.11 Å². The third kappa shape index (κ3) is 6.45. The van der Waals surface area contributed by atoms with E-state index in [9.17, 15) is 36.3 Å². The van der Waals surface area contributed by atoms with Crippen LogP contribution in [0.15, 0.2) is 47.5 Å². The van der Waals surface area contributed by atoms with Gasteiger partial charge >= 0.3 is 12.1 Å². The van der Waals surface area contributed by atoms with Crippen LogP contribution in [0.2, 0.25) is 0 Å². The van der Waals surface area contributed by atoms with Crippen LogP contribution in [0.4, 0.5) is 18.9 Å². The number of nitrogens with zero attached hydrogens (tertiary/aromatic N) is 2. The van der Waals surface area contributed by atoms with Gasteiger partial charge in [0.05, 0.1) is 27.6 Å². The summed E-state index contributed by atoms with van der Waals surface area (Å²) in [7, 11) is -3.93. The number of amides is 1. The Bertz CT molecular complexity index is 1330. The van der Waals surface area contributed by atoms with Crippen molar-refractivity contribution in [1.82, 2.24) is 4.98 Å². The molecule has 0 radical (unpaired) electrons. The van der Waals surface area contributed by atoms with E-state index in [0.29, 0.717) is 36.7 Å². The number of pyridine rings is 1. The number of carboxylic acid groups (broad SMARTS) is 1. The van der Waals surface area contributed by atoms with Gasteiger partial charge in [0.2, 0.25) is 5.91 Å². The molecular formula is C28H33F3N2O5S. The molecule has 5 unspecified atom stereocenters. The van der Waals surface area contributed by atoms with E-state index in [-0.39, 0.29) is 40.2 Å². The van der Waals surface area contributed by atoms with Crippen molar-refractivity contribution in [2.45, 2.75) is 62.9 Å². The largest absolute Gasteiger partial charge is 0.480 e. The van der Waals surface area contributed by atoms with Crippen LogP contribution in [0, 0.1) is 23.7 Å². The number of fused-ring (bicyclic) bond motifs is 1. The van der Waals surface area contributed by atoms with Crippen LogP contribution in [-0.2, 0) is 25.6 Å². The number of rotatable bonds is 7. The molecule has 2 aliphatic rings. The van der Waals surface area contributed by atoms with E-state index in [1.54, 1.807) is 18.3 Å². The summed E-state index contributed by atoms with van der Waals surface area (Å²) in [4.78, 5) is 30.3. The first-order valence-electron chi connectivity index (χ1n) is 13.2. The molecule has 1 aromatic heterocycles. The predicted octanol–water partition coefficient (Wildman–Crippen LogP) is 5.56. The lowest BCUT2D eigenvalue weighted by Gasteiger charge is -2.38. The first kappa shape index (κ1) is 29.0. The molecule has 2 aromatic rings. The zero-order chi connectivity index (χ0) is 28.5. The number of aromatic nitrogens is 1. The minimum atomic E-state index is -4.63. The number of anilines is 1. The Morgan fingerprint density at radius 1 is 1.10 bits per heavy atom. The molecular weight excluding hydrogens is 533 g/mol. The monoisotopic (exact) mass is 566 g/mol. The van der Waals surface area contributed by atoms with Crippen LogP contribution in [-0.4, -0.2) is 42.7 Å². The third-order valence-corrected chi connectivity index (χ3v) is 10.2. The second-order valence-corrected chi connectivity index (χ2v) is 13.0. The van der Waals surface area contributed by atoms with Crippen LogP contribution >= 0.6 is 0 Å². The van der Waals surface area contributed by atoms with Crippen LogP contribution in [0.25, 0.3) is 0 Å². The van der Waals surface area contributed by atoms with Gasteiger partial charge in [-0.3, -0.25) is 19.5 Å². The molecule has 212 valence electrons. The Morgan fingerprint density at radius 3 is 2.51 bits per heavy atom. The van der Waals surface area contributed by atoms with E-state index in [1.165, 1.54) is 11.0 Å². The SMILES string of the molecule is CC1CCC(CC2C(=O)N(CC(=O)O)c3cccnc3C2C)CCC1CS(=O)(=O)c1cccc(C(F)(F)F)c1. The number of carbonyl (C=O) groups is 2. The molecule has 1 saturated carbocycles. The van der Waals surface area contributed by atoms with Gasteiger partial charge in [-0.25, -0.2) is 8.42 Å². The molecule has 4 rings (SSSR count). The van der Waals surface area contributed by atoms with E-state index in [4.69, 9.17) is 0 Å². The van der Waals surface area contributed by atoms with Gasteiger partial charge in [-0.05, 0) is 60.9 Å². The highest BCUT2D eigenvalue weighted by Crippen LogP contribution is 2.43. The first-order valence-corrected chi connectivity index (χ1v) is 14.8. The Balaban J connectivity index is 1.47. The average Bonchev–Trinajstić information content (AvgIpc) is 3.04.